The SMILES string of the molecule is O=S(=O)(c1ccc(CSc2ncc(-c3ccccc3)n2CC2CCCO2)cc1)C(F)F. The number of ether oxygens (including phenoxy) is 1. The highest BCUT2D eigenvalue weighted by Crippen LogP contribution is 2.30. The second kappa shape index (κ2) is 9.50. The Morgan fingerprint density at radius 1 is 1.13 bits per heavy atom. The standard InChI is InChI=1S/C22H22F2N2O3S2/c23-21(24)31(27,28)19-10-8-16(9-11-19)15-30-22-25-13-20(17-5-2-1-3-6-17)26(22)14-18-7-4-12-29-18/h1-3,5-6,8-11,13,18,21H,4,7,12,14-15H2. The maximum atomic E-state index is 12.7. The van der Waals surface area contributed by atoms with Crippen LogP contribution in [-0.2, 0) is 26.9 Å². The van der Waals surface area contributed by atoms with Crippen LogP contribution in [0.25, 0.3) is 11.3 Å². The van der Waals surface area contributed by atoms with Gasteiger partial charge in [-0.25, -0.2) is 13.4 Å². The number of hydrogen-bond donors (Lipinski definition) is 0. The van der Waals surface area contributed by atoms with Crippen LogP contribution in [0, 0.1) is 0 Å². The second-order valence-corrected chi connectivity index (χ2v) is 10.1. The molecular weight excluding hydrogens is 442 g/mol. The third-order valence-corrected chi connectivity index (χ3v) is 7.61. The molecule has 1 saturated heterocycles. The summed E-state index contributed by atoms with van der Waals surface area (Å²) in [6, 6.07) is 15.6. The molecular formula is C22H22F2N2O3S2. The van der Waals surface area contributed by atoms with Crippen molar-refractivity contribution >= 4 is 21.6 Å². The van der Waals surface area contributed by atoms with Gasteiger partial charge in [-0.15, -0.1) is 0 Å². The summed E-state index contributed by atoms with van der Waals surface area (Å²) >= 11 is 1.52. The molecule has 0 aliphatic carbocycles. The van der Waals surface area contributed by atoms with Gasteiger partial charge in [0.15, 0.2) is 5.16 Å². The number of hydrogen-bond acceptors (Lipinski definition) is 5. The number of imidazole rings is 1. The Kier molecular flexibility index (Phi) is 6.74. The van der Waals surface area contributed by atoms with Crippen molar-refractivity contribution in [1.82, 2.24) is 9.55 Å². The average Bonchev–Trinajstić information content (AvgIpc) is 3.43. The Bertz CT molecular complexity index is 1110. The van der Waals surface area contributed by atoms with Gasteiger partial charge in [-0.3, -0.25) is 0 Å². The topological polar surface area (TPSA) is 61.2 Å². The van der Waals surface area contributed by atoms with E-state index in [1.807, 2.05) is 36.5 Å². The van der Waals surface area contributed by atoms with Gasteiger partial charge in [0.05, 0.1) is 29.4 Å². The largest absolute Gasteiger partial charge is 0.376 e. The monoisotopic (exact) mass is 464 g/mol. The van der Waals surface area contributed by atoms with Crippen LogP contribution in [0.1, 0.15) is 18.4 Å². The summed E-state index contributed by atoms with van der Waals surface area (Å²) in [6.07, 6.45) is 4.06. The molecule has 31 heavy (non-hydrogen) atoms. The van der Waals surface area contributed by atoms with Gasteiger partial charge in [0.2, 0.25) is 9.84 Å². The number of sulfone groups is 1. The summed E-state index contributed by atoms with van der Waals surface area (Å²) in [7, 11) is -4.58. The molecule has 0 bridgehead atoms. The van der Waals surface area contributed by atoms with E-state index >= 15 is 0 Å². The number of nitrogens with zero attached hydrogens (tertiary/aromatic N) is 2. The highest BCUT2D eigenvalue weighted by molar-refractivity contribution is 7.98. The molecule has 3 aromatic rings. The molecule has 5 nitrogen and oxygen atoms in total. The first-order chi connectivity index (χ1) is 14.9. The van der Waals surface area contributed by atoms with E-state index in [1.165, 1.54) is 23.9 Å². The van der Waals surface area contributed by atoms with E-state index in [0.29, 0.717) is 12.3 Å². The minimum absolute atomic E-state index is 0.148. The molecule has 4 rings (SSSR count). The first-order valence-electron chi connectivity index (χ1n) is 9.91. The molecule has 0 spiro atoms. The Labute approximate surface area is 184 Å². The number of aromatic nitrogens is 2. The zero-order valence-corrected chi connectivity index (χ0v) is 18.3. The molecule has 0 radical (unpaired) electrons. The van der Waals surface area contributed by atoms with E-state index < -0.39 is 15.6 Å². The van der Waals surface area contributed by atoms with Gasteiger partial charge < -0.3 is 9.30 Å². The number of rotatable bonds is 8. The minimum Gasteiger partial charge on any atom is -0.376 e. The number of thioether (sulfide) groups is 1. The van der Waals surface area contributed by atoms with Crippen molar-refractivity contribution in [2.24, 2.45) is 0 Å². The lowest BCUT2D eigenvalue weighted by Gasteiger charge is -2.16. The van der Waals surface area contributed by atoms with Crippen LogP contribution >= 0.6 is 11.8 Å². The van der Waals surface area contributed by atoms with Crippen molar-refractivity contribution in [3.63, 3.8) is 0 Å². The molecule has 1 aliphatic rings. The summed E-state index contributed by atoms with van der Waals surface area (Å²) in [4.78, 5) is 4.23. The lowest BCUT2D eigenvalue weighted by molar-refractivity contribution is 0.0954. The zero-order valence-electron chi connectivity index (χ0n) is 16.7. The summed E-state index contributed by atoms with van der Waals surface area (Å²) in [5.41, 5.74) is 2.91. The van der Waals surface area contributed by atoms with E-state index in [2.05, 4.69) is 9.55 Å². The molecule has 1 aliphatic heterocycles. The summed E-state index contributed by atoms with van der Waals surface area (Å²) in [5, 5.41) is 0.832. The number of alkyl halides is 2. The number of halogens is 2. The fourth-order valence-electron chi connectivity index (χ4n) is 3.51. The zero-order chi connectivity index (χ0) is 21.8. The van der Waals surface area contributed by atoms with E-state index in [4.69, 9.17) is 4.74 Å². The van der Waals surface area contributed by atoms with Crippen LogP contribution in [0.3, 0.4) is 0 Å². The maximum Gasteiger partial charge on any atom is 0.341 e. The van der Waals surface area contributed by atoms with Crippen LogP contribution in [-0.4, -0.2) is 36.4 Å². The highest BCUT2D eigenvalue weighted by Gasteiger charge is 2.26. The molecule has 164 valence electrons. The van der Waals surface area contributed by atoms with Crippen LogP contribution in [0.15, 0.2) is 70.8 Å². The third kappa shape index (κ3) is 4.99. The molecule has 1 atom stereocenters. The second-order valence-electron chi connectivity index (χ2n) is 7.28. The van der Waals surface area contributed by atoms with Crippen LogP contribution in [0.5, 0.6) is 0 Å². The first-order valence-corrected chi connectivity index (χ1v) is 12.4. The van der Waals surface area contributed by atoms with Crippen molar-refractivity contribution in [3.8, 4) is 11.3 Å². The predicted molar refractivity (Wildman–Crippen MR) is 116 cm³/mol. The van der Waals surface area contributed by atoms with E-state index in [-0.39, 0.29) is 11.0 Å². The molecule has 9 heteroatoms. The van der Waals surface area contributed by atoms with Crippen LogP contribution < -0.4 is 0 Å². The average molecular weight is 465 g/mol. The smallest absolute Gasteiger partial charge is 0.341 e. The van der Waals surface area contributed by atoms with Crippen molar-refractivity contribution in [2.75, 3.05) is 6.61 Å². The van der Waals surface area contributed by atoms with Crippen LogP contribution in [0.2, 0.25) is 0 Å². The Balaban J connectivity index is 1.53. The Hall–Kier alpha value is -2.23. The van der Waals surface area contributed by atoms with Gasteiger partial charge in [-0.05, 0) is 36.1 Å². The molecule has 0 amide bonds. The van der Waals surface area contributed by atoms with Gasteiger partial charge >= 0.3 is 5.76 Å². The van der Waals surface area contributed by atoms with Gasteiger partial charge in [-0.2, -0.15) is 8.78 Å². The Morgan fingerprint density at radius 2 is 1.87 bits per heavy atom. The molecule has 2 heterocycles. The fourth-order valence-corrected chi connectivity index (χ4v) is 5.17. The molecule has 1 unspecified atom stereocenters. The molecule has 0 N–H and O–H groups in total. The normalized spacial score (nSPS) is 16.8. The van der Waals surface area contributed by atoms with Gasteiger partial charge in [0.25, 0.3) is 0 Å². The van der Waals surface area contributed by atoms with Crippen molar-refractivity contribution in [3.05, 3.63) is 66.4 Å². The Morgan fingerprint density at radius 3 is 2.52 bits per heavy atom. The lowest BCUT2D eigenvalue weighted by atomic mass is 10.1. The third-order valence-electron chi connectivity index (χ3n) is 5.15. The van der Waals surface area contributed by atoms with Gasteiger partial charge in [-0.1, -0.05) is 54.2 Å². The van der Waals surface area contributed by atoms with Gasteiger partial charge in [0.1, 0.15) is 0 Å². The lowest BCUT2D eigenvalue weighted by Crippen LogP contribution is -2.16. The van der Waals surface area contributed by atoms with Gasteiger partial charge in [0, 0.05) is 12.4 Å². The highest BCUT2D eigenvalue weighted by atomic mass is 32.2. The first kappa shape index (κ1) is 22.0. The molecule has 1 fully saturated rings. The maximum absolute atomic E-state index is 12.7. The van der Waals surface area contributed by atoms with Crippen molar-refractivity contribution in [1.29, 1.82) is 0 Å². The summed E-state index contributed by atoms with van der Waals surface area (Å²) < 4.78 is 56.6. The van der Waals surface area contributed by atoms with Crippen molar-refractivity contribution < 1.29 is 21.9 Å². The minimum atomic E-state index is -4.58. The molecule has 0 saturated carbocycles. The van der Waals surface area contributed by atoms with E-state index in [0.717, 1.165) is 41.4 Å². The molecule has 1 aromatic heterocycles. The molecule has 2 aromatic carbocycles. The predicted octanol–water partition coefficient (Wildman–Crippen LogP) is 5.02. The summed E-state index contributed by atoms with van der Waals surface area (Å²) in [5.74, 6) is -2.89. The number of benzene rings is 2. The van der Waals surface area contributed by atoms with E-state index in [9.17, 15) is 17.2 Å². The van der Waals surface area contributed by atoms with Crippen LogP contribution in [0.4, 0.5) is 8.78 Å². The quantitative estimate of drug-likeness (QED) is 0.438. The van der Waals surface area contributed by atoms with E-state index in [1.54, 1.807) is 12.1 Å². The summed E-state index contributed by atoms with van der Waals surface area (Å²) in [6.45, 7) is 1.48. The van der Waals surface area contributed by atoms with Crippen molar-refractivity contribution in [2.45, 2.75) is 47.1 Å². The fraction of sp³-hybridized carbons (Fsp3) is 0.318.